The molecule has 0 radical (unpaired) electrons. The standard InChI is InChI=1S/2C13H14.2CH4/c1-10(2)12-9-5-7-11-6-3-4-8-13(11)12;1-10(2)12-8-7-11-5-3-4-6-13(11)9-12;;/h2*3-10H,1-2H3;2*1H4. The van der Waals surface area contributed by atoms with Crippen LogP contribution in [0.1, 0.15) is 65.5 Å². The summed E-state index contributed by atoms with van der Waals surface area (Å²) in [5, 5.41) is 5.40. The van der Waals surface area contributed by atoms with Gasteiger partial charge in [0.1, 0.15) is 0 Å². The van der Waals surface area contributed by atoms with Crippen LogP contribution in [0, 0.1) is 0 Å². The summed E-state index contributed by atoms with van der Waals surface area (Å²) in [6.45, 7) is 8.93. The first kappa shape index (κ1) is 23.4. The lowest BCUT2D eigenvalue weighted by Gasteiger charge is -2.08. The van der Waals surface area contributed by atoms with Crippen molar-refractivity contribution in [3.05, 3.63) is 96.1 Å². The molecule has 0 heteroatoms. The second-order valence-corrected chi connectivity index (χ2v) is 7.48. The third kappa shape index (κ3) is 5.45. The molecule has 0 saturated heterocycles. The minimum atomic E-state index is 0. The predicted octanol–water partition coefficient (Wildman–Crippen LogP) is 9.20. The van der Waals surface area contributed by atoms with E-state index in [9.17, 15) is 0 Å². The molecule has 0 nitrogen and oxygen atoms in total. The van der Waals surface area contributed by atoms with Gasteiger partial charge in [0, 0.05) is 0 Å². The molecule has 0 N–H and O–H groups in total. The number of benzene rings is 4. The Bertz CT molecular complexity index is 981. The summed E-state index contributed by atoms with van der Waals surface area (Å²) in [5.74, 6) is 1.22. The molecule has 28 heavy (non-hydrogen) atoms. The SMILES string of the molecule is C.C.CC(C)c1ccc2ccccc2c1.CC(C)c1cccc2ccccc12. The highest BCUT2D eigenvalue weighted by atomic mass is 14.1. The molecule has 0 spiro atoms. The summed E-state index contributed by atoms with van der Waals surface area (Å²) in [6.07, 6.45) is 0. The zero-order valence-corrected chi connectivity index (χ0v) is 16.2. The van der Waals surface area contributed by atoms with Gasteiger partial charge in [-0.25, -0.2) is 0 Å². The molecule has 0 fully saturated rings. The fraction of sp³-hybridized carbons (Fsp3) is 0.286. The molecular formula is C28H36. The molecule has 4 aromatic carbocycles. The van der Waals surface area contributed by atoms with Crippen molar-refractivity contribution in [1.82, 2.24) is 0 Å². The number of hydrogen-bond acceptors (Lipinski definition) is 0. The zero-order chi connectivity index (χ0) is 18.5. The largest absolute Gasteiger partial charge is 0.0776 e. The Balaban J connectivity index is 0.000000261. The van der Waals surface area contributed by atoms with E-state index in [1.165, 1.54) is 32.7 Å². The van der Waals surface area contributed by atoms with Gasteiger partial charge in [-0.15, -0.1) is 0 Å². The molecular weight excluding hydrogens is 336 g/mol. The van der Waals surface area contributed by atoms with Crippen molar-refractivity contribution in [2.45, 2.75) is 54.4 Å². The van der Waals surface area contributed by atoms with E-state index in [2.05, 4.69) is 113 Å². The van der Waals surface area contributed by atoms with Crippen molar-refractivity contribution < 1.29 is 0 Å². The molecule has 0 amide bonds. The van der Waals surface area contributed by atoms with Gasteiger partial charge < -0.3 is 0 Å². The molecule has 148 valence electrons. The van der Waals surface area contributed by atoms with Crippen molar-refractivity contribution in [2.24, 2.45) is 0 Å². The van der Waals surface area contributed by atoms with Crippen molar-refractivity contribution in [3.8, 4) is 0 Å². The first-order valence-electron chi connectivity index (χ1n) is 9.52. The first-order valence-corrected chi connectivity index (χ1v) is 9.52. The maximum atomic E-state index is 2.28. The van der Waals surface area contributed by atoms with Crippen LogP contribution in [0.5, 0.6) is 0 Å². The molecule has 0 aliphatic carbocycles. The van der Waals surface area contributed by atoms with Gasteiger partial charge in [0.15, 0.2) is 0 Å². The van der Waals surface area contributed by atoms with E-state index in [1.807, 2.05) is 0 Å². The molecule has 0 atom stereocenters. The molecule has 0 heterocycles. The molecule has 0 bridgehead atoms. The fourth-order valence-electron chi connectivity index (χ4n) is 3.32. The van der Waals surface area contributed by atoms with Gasteiger partial charge in [-0.3, -0.25) is 0 Å². The molecule has 0 aliphatic rings. The van der Waals surface area contributed by atoms with E-state index < -0.39 is 0 Å². The van der Waals surface area contributed by atoms with Crippen LogP contribution in [0.3, 0.4) is 0 Å². The monoisotopic (exact) mass is 372 g/mol. The van der Waals surface area contributed by atoms with Crippen molar-refractivity contribution in [3.63, 3.8) is 0 Å². The van der Waals surface area contributed by atoms with Crippen LogP contribution >= 0.6 is 0 Å². The number of rotatable bonds is 2. The van der Waals surface area contributed by atoms with Crippen LogP contribution in [0.2, 0.25) is 0 Å². The average Bonchev–Trinajstić information content (AvgIpc) is 2.67. The second-order valence-electron chi connectivity index (χ2n) is 7.48. The quantitative estimate of drug-likeness (QED) is 0.329. The average molecular weight is 373 g/mol. The van der Waals surface area contributed by atoms with Gasteiger partial charge >= 0.3 is 0 Å². The molecule has 0 aliphatic heterocycles. The van der Waals surface area contributed by atoms with Crippen LogP contribution in [-0.4, -0.2) is 0 Å². The van der Waals surface area contributed by atoms with Crippen LogP contribution < -0.4 is 0 Å². The number of fused-ring (bicyclic) bond motifs is 2. The minimum Gasteiger partial charge on any atom is -0.0776 e. The topological polar surface area (TPSA) is 0 Å². The van der Waals surface area contributed by atoms with E-state index in [0.29, 0.717) is 11.8 Å². The Morgan fingerprint density at radius 2 is 1.07 bits per heavy atom. The lowest BCUT2D eigenvalue weighted by Crippen LogP contribution is -1.88. The second kappa shape index (κ2) is 10.7. The van der Waals surface area contributed by atoms with Crippen molar-refractivity contribution in [1.29, 1.82) is 0 Å². The third-order valence-electron chi connectivity index (χ3n) is 4.89. The lowest BCUT2D eigenvalue weighted by atomic mass is 9.96. The van der Waals surface area contributed by atoms with Crippen LogP contribution in [0.25, 0.3) is 21.5 Å². The first-order chi connectivity index (χ1) is 12.6. The lowest BCUT2D eigenvalue weighted by molar-refractivity contribution is 0.869. The van der Waals surface area contributed by atoms with Crippen LogP contribution in [0.15, 0.2) is 84.9 Å². The third-order valence-corrected chi connectivity index (χ3v) is 4.89. The van der Waals surface area contributed by atoms with E-state index in [1.54, 1.807) is 0 Å². The zero-order valence-electron chi connectivity index (χ0n) is 16.2. The summed E-state index contributed by atoms with van der Waals surface area (Å²) >= 11 is 0. The Hall–Kier alpha value is -2.60. The Morgan fingerprint density at radius 3 is 1.71 bits per heavy atom. The Morgan fingerprint density at radius 1 is 0.500 bits per heavy atom. The highest BCUT2D eigenvalue weighted by Crippen LogP contribution is 2.24. The van der Waals surface area contributed by atoms with Crippen molar-refractivity contribution >= 4 is 21.5 Å². The highest BCUT2D eigenvalue weighted by Gasteiger charge is 2.02. The molecule has 4 aromatic rings. The Labute approximate surface area is 172 Å². The molecule has 0 unspecified atom stereocenters. The summed E-state index contributed by atoms with van der Waals surface area (Å²) in [4.78, 5) is 0. The molecule has 0 aromatic heterocycles. The summed E-state index contributed by atoms with van der Waals surface area (Å²) < 4.78 is 0. The van der Waals surface area contributed by atoms with Gasteiger partial charge in [0.05, 0.1) is 0 Å². The van der Waals surface area contributed by atoms with Crippen molar-refractivity contribution in [2.75, 3.05) is 0 Å². The van der Waals surface area contributed by atoms with Gasteiger partial charge in [0.2, 0.25) is 0 Å². The van der Waals surface area contributed by atoms with Gasteiger partial charge in [-0.1, -0.05) is 127 Å². The summed E-state index contributed by atoms with van der Waals surface area (Å²) in [7, 11) is 0. The smallest absolute Gasteiger partial charge is 0.0149 e. The molecule has 0 saturated carbocycles. The number of hydrogen-bond donors (Lipinski definition) is 0. The van der Waals surface area contributed by atoms with E-state index in [0.717, 1.165) is 0 Å². The minimum absolute atomic E-state index is 0. The Kier molecular flexibility index (Phi) is 8.92. The fourth-order valence-corrected chi connectivity index (χ4v) is 3.32. The maximum Gasteiger partial charge on any atom is -0.0149 e. The normalized spacial score (nSPS) is 10.2. The molecule has 4 rings (SSSR count). The van der Waals surface area contributed by atoms with E-state index in [4.69, 9.17) is 0 Å². The van der Waals surface area contributed by atoms with E-state index >= 15 is 0 Å². The summed E-state index contributed by atoms with van der Waals surface area (Å²) in [6, 6.07) is 30.3. The van der Waals surface area contributed by atoms with Gasteiger partial charge in [-0.05, 0) is 44.5 Å². The van der Waals surface area contributed by atoms with Gasteiger partial charge in [0.25, 0.3) is 0 Å². The van der Waals surface area contributed by atoms with E-state index in [-0.39, 0.29) is 14.9 Å². The van der Waals surface area contributed by atoms with Crippen LogP contribution in [0.4, 0.5) is 0 Å². The summed E-state index contributed by atoms with van der Waals surface area (Å²) in [5.41, 5.74) is 2.86. The van der Waals surface area contributed by atoms with Crippen LogP contribution in [-0.2, 0) is 0 Å². The maximum absolute atomic E-state index is 2.28. The highest BCUT2D eigenvalue weighted by molar-refractivity contribution is 5.86. The predicted molar refractivity (Wildman–Crippen MR) is 130 cm³/mol. The van der Waals surface area contributed by atoms with Gasteiger partial charge in [-0.2, -0.15) is 0 Å².